The lowest BCUT2D eigenvalue weighted by Gasteiger charge is -2.27. The van der Waals surface area contributed by atoms with Crippen molar-refractivity contribution in [3.63, 3.8) is 0 Å². The van der Waals surface area contributed by atoms with Crippen molar-refractivity contribution < 1.29 is 22.0 Å². The van der Waals surface area contributed by atoms with Crippen LogP contribution in [0, 0.1) is 0 Å². The molecule has 15 heavy (non-hydrogen) atoms. The second-order valence-electron chi connectivity index (χ2n) is 2.86. The fourth-order valence-electron chi connectivity index (χ4n) is 1.12. The third kappa shape index (κ3) is 2.28. The molecule has 0 fully saturated rings. The van der Waals surface area contributed by atoms with E-state index in [4.69, 9.17) is 0 Å². The molecule has 0 saturated carbocycles. The van der Waals surface area contributed by atoms with Crippen LogP contribution in [0.1, 0.15) is 10.9 Å². The average Bonchev–Trinajstić information content (AvgIpc) is 2.55. The zero-order valence-electron chi connectivity index (χ0n) is 7.61. The molecule has 0 radical (unpaired) electrons. The number of hydrogen-bond donors (Lipinski definition) is 1. The number of alkyl halides is 5. The number of rotatable bonds is 3. The molecule has 1 nitrogen and oxygen atoms in total. The largest absolute Gasteiger partial charge is 0.455 e. The van der Waals surface area contributed by atoms with Crippen LogP contribution in [0.25, 0.3) is 0 Å². The third-order valence-corrected chi connectivity index (χ3v) is 2.79. The van der Waals surface area contributed by atoms with Gasteiger partial charge in [-0.25, -0.2) is 0 Å². The molecule has 7 heteroatoms. The maximum absolute atomic E-state index is 13.0. The molecule has 1 aromatic heterocycles. The lowest BCUT2D eigenvalue weighted by atomic mass is 10.1. The molecular weight excluding hydrogens is 237 g/mol. The lowest BCUT2D eigenvalue weighted by Crippen LogP contribution is -2.46. The van der Waals surface area contributed by atoms with Gasteiger partial charge in [0.05, 0.1) is 0 Å². The van der Waals surface area contributed by atoms with Crippen LogP contribution >= 0.6 is 11.3 Å². The molecule has 86 valence electrons. The highest BCUT2D eigenvalue weighted by Gasteiger charge is 2.62. The molecule has 1 N–H and O–H groups in total. The maximum atomic E-state index is 13.0. The number of nitrogens with one attached hydrogen (secondary N) is 1. The molecule has 0 bridgehead atoms. The number of hydrogen-bond acceptors (Lipinski definition) is 2. The Balaban J connectivity index is 3.03. The van der Waals surface area contributed by atoms with Crippen LogP contribution in [0.2, 0.25) is 0 Å². The first-order valence-corrected chi connectivity index (χ1v) is 4.84. The van der Waals surface area contributed by atoms with Crippen molar-refractivity contribution >= 4 is 11.3 Å². The molecular formula is C8H8F5NS. The van der Waals surface area contributed by atoms with E-state index < -0.39 is 18.1 Å². The smallest absolute Gasteiger partial charge is 0.307 e. The molecule has 1 unspecified atom stereocenters. The molecule has 1 heterocycles. The number of halogens is 5. The van der Waals surface area contributed by atoms with Crippen LogP contribution in [-0.2, 0) is 0 Å². The summed E-state index contributed by atoms with van der Waals surface area (Å²) >= 11 is 0.856. The van der Waals surface area contributed by atoms with E-state index in [1.54, 1.807) is 0 Å². The Kier molecular flexibility index (Phi) is 3.34. The van der Waals surface area contributed by atoms with E-state index in [0.29, 0.717) is 0 Å². The Morgan fingerprint density at radius 2 is 1.87 bits per heavy atom. The van der Waals surface area contributed by atoms with E-state index in [1.165, 1.54) is 17.5 Å². The van der Waals surface area contributed by atoms with Gasteiger partial charge in [0.2, 0.25) is 0 Å². The van der Waals surface area contributed by atoms with Gasteiger partial charge in [-0.3, -0.25) is 0 Å². The summed E-state index contributed by atoms with van der Waals surface area (Å²) in [6.07, 6.45) is -5.55. The maximum Gasteiger partial charge on any atom is 0.455 e. The van der Waals surface area contributed by atoms with E-state index in [9.17, 15) is 22.0 Å². The second kappa shape index (κ2) is 4.05. The monoisotopic (exact) mass is 245 g/mol. The van der Waals surface area contributed by atoms with Gasteiger partial charge < -0.3 is 5.32 Å². The molecule has 0 aliphatic rings. The van der Waals surface area contributed by atoms with E-state index in [0.717, 1.165) is 18.4 Å². The van der Waals surface area contributed by atoms with E-state index >= 15 is 0 Å². The topological polar surface area (TPSA) is 12.0 Å². The van der Waals surface area contributed by atoms with Crippen LogP contribution in [-0.4, -0.2) is 19.1 Å². The van der Waals surface area contributed by atoms with Crippen LogP contribution in [0.15, 0.2) is 17.5 Å². The Hall–Kier alpha value is -0.690. The standard InChI is InChI=1S/C8H8F5NS/c1-14-6(5-3-2-4-15-5)7(9,10)8(11,12)13/h2-4,6,14H,1H3. The van der Waals surface area contributed by atoms with Crippen LogP contribution in [0.3, 0.4) is 0 Å². The van der Waals surface area contributed by atoms with Gasteiger partial charge in [-0.1, -0.05) is 6.07 Å². The fourth-order valence-corrected chi connectivity index (χ4v) is 1.99. The summed E-state index contributed by atoms with van der Waals surface area (Å²) in [7, 11) is 1.07. The van der Waals surface area contributed by atoms with Crippen molar-refractivity contribution in [1.29, 1.82) is 0 Å². The fraction of sp³-hybridized carbons (Fsp3) is 0.500. The average molecular weight is 245 g/mol. The molecule has 0 amide bonds. The van der Waals surface area contributed by atoms with Crippen LogP contribution in [0.4, 0.5) is 22.0 Å². The third-order valence-electron chi connectivity index (χ3n) is 1.86. The molecule has 0 saturated heterocycles. The minimum absolute atomic E-state index is 0.0418. The van der Waals surface area contributed by atoms with Crippen molar-refractivity contribution in [3.8, 4) is 0 Å². The Labute approximate surface area is 86.9 Å². The zero-order chi connectivity index (χ0) is 11.7. The Morgan fingerprint density at radius 1 is 1.27 bits per heavy atom. The summed E-state index contributed by atoms with van der Waals surface area (Å²) in [5.74, 6) is -4.77. The van der Waals surface area contributed by atoms with Crippen LogP contribution in [0.5, 0.6) is 0 Å². The highest BCUT2D eigenvalue weighted by molar-refractivity contribution is 7.10. The van der Waals surface area contributed by atoms with Crippen LogP contribution < -0.4 is 5.32 Å². The van der Waals surface area contributed by atoms with Gasteiger partial charge in [0.1, 0.15) is 6.04 Å². The highest BCUT2D eigenvalue weighted by atomic mass is 32.1. The lowest BCUT2D eigenvalue weighted by molar-refractivity contribution is -0.293. The van der Waals surface area contributed by atoms with Crippen molar-refractivity contribution in [2.24, 2.45) is 0 Å². The second-order valence-corrected chi connectivity index (χ2v) is 3.84. The highest BCUT2D eigenvalue weighted by Crippen LogP contribution is 2.45. The quantitative estimate of drug-likeness (QED) is 0.806. The molecule has 0 aliphatic heterocycles. The zero-order valence-corrected chi connectivity index (χ0v) is 8.42. The van der Waals surface area contributed by atoms with Gasteiger partial charge in [0.25, 0.3) is 0 Å². The summed E-state index contributed by atoms with van der Waals surface area (Å²) < 4.78 is 62.2. The summed E-state index contributed by atoms with van der Waals surface area (Å²) in [6, 6.07) is 0.639. The van der Waals surface area contributed by atoms with E-state index in [2.05, 4.69) is 0 Å². The molecule has 0 aliphatic carbocycles. The summed E-state index contributed by atoms with van der Waals surface area (Å²) in [6.45, 7) is 0. The molecule has 1 aromatic rings. The first-order valence-electron chi connectivity index (χ1n) is 3.96. The molecule has 1 atom stereocenters. The minimum Gasteiger partial charge on any atom is -0.307 e. The molecule has 1 rings (SSSR count). The summed E-state index contributed by atoms with van der Waals surface area (Å²) in [4.78, 5) is -0.0418. The van der Waals surface area contributed by atoms with E-state index in [1.807, 2.05) is 5.32 Å². The SMILES string of the molecule is CNC(c1cccs1)C(F)(F)C(F)(F)F. The summed E-state index contributed by atoms with van der Waals surface area (Å²) in [5.41, 5.74) is 0. The van der Waals surface area contributed by atoms with E-state index in [-0.39, 0.29) is 4.88 Å². The van der Waals surface area contributed by atoms with Crippen molar-refractivity contribution in [1.82, 2.24) is 5.32 Å². The van der Waals surface area contributed by atoms with Crippen molar-refractivity contribution in [2.75, 3.05) is 7.05 Å². The van der Waals surface area contributed by atoms with Gasteiger partial charge in [-0.2, -0.15) is 22.0 Å². The van der Waals surface area contributed by atoms with Gasteiger partial charge in [0, 0.05) is 4.88 Å². The first kappa shape index (κ1) is 12.4. The normalized spacial score (nSPS) is 15.3. The van der Waals surface area contributed by atoms with Gasteiger partial charge >= 0.3 is 12.1 Å². The predicted molar refractivity (Wildman–Crippen MR) is 47.1 cm³/mol. The summed E-state index contributed by atoms with van der Waals surface area (Å²) in [5, 5.41) is 3.44. The predicted octanol–water partition coefficient (Wildman–Crippen LogP) is 3.21. The molecule has 0 aromatic carbocycles. The minimum atomic E-state index is -5.55. The number of thiophene rings is 1. The Bertz CT molecular complexity index is 305. The van der Waals surface area contributed by atoms with Crippen molar-refractivity contribution in [2.45, 2.75) is 18.1 Å². The first-order chi connectivity index (χ1) is 6.80. The Morgan fingerprint density at radius 3 is 2.20 bits per heavy atom. The van der Waals surface area contributed by atoms with Gasteiger partial charge in [0.15, 0.2) is 0 Å². The van der Waals surface area contributed by atoms with Gasteiger partial charge in [-0.05, 0) is 18.5 Å². The van der Waals surface area contributed by atoms with Gasteiger partial charge in [-0.15, -0.1) is 11.3 Å². The molecule has 0 spiro atoms. The van der Waals surface area contributed by atoms with Crippen molar-refractivity contribution in [3.05, 3.63) is 22.4 Å².